The van der Waals surface area contributed by atoms with Crippen LogP contribution >= 0.6 is 22.9 Å². The molecule has 1 aromatic heterocycles. The Balaban J connectivity index is 1.71. The highest BCUT2D eigenvalue weighted by Gasteiger charge is 2.37. The third-order valence-electron chi connectivity index (χ3n) is 4.07. The fourth-order valence-electron chi connectivity index (χ4n) is 2.96. The first-order valence-corrected chi connectivity index (χ1v) is 10.3. The number of amides is 1. The molecule has 4 nitrogen and oxygen atoms in total. The van der Waals surface area contributed by atoms with Crippen molar-refractivity contribution in [1.82, 2.24) is 5.32 Å². The molecule has 1 fully saturated rings. The van der Waals surface area contributed by atoms with Crippen molar-refractivity contribution < 1.29 is 13.2 Å². The molecule has 3 rings (SSSR count). The fraction of sp³-hybridized carbons (Fsp3) is 0.643. The first-order valence-electron chi connectivity index (χ1n) is 7.21. The summed E-state index contributed by atoms with van der Waals surface area (Å²) < 4.78 is 23.1. The van der Waals surface area contributed by atoms with Crippen LogP contribution in [-0.2, 0) is 22.7 Å². The Morgan fingerprint density at radius 3 is 2.71 bits per heavy atom. The summed E-state index contributed by atoms with van der Waals surface area (Å²) in [4.78, 5) is 14.3. The van der Waals surface area contributed by atoms with Gasteiger partial charge in [-0.15, -0.1) is 22.9 Å². The van der Waals surface area contributed by atoms with Crippen LogP contribution in [0.5, 0.6) is 0 Å². The summed E-state index contributed by atoms with van der Waals surface area (Å²) in [5.41, 5.74) is 1.28. The van der Waals surface area contributed by atoms with E-state index in [1.807, 2.05) is 6.07 Å². The molecule has 0 spiro atoms. The van der Waals surface area contributed by atoms with Gasteiger partial charge in [0.2, 0.25) is 0 Å². The number of fused-ring (bicyclic) bond motifs is 1. The Morgan fingerprint density at radius 2 is 2.00 bits per heavy atom. The second kappa shape index (κ2) is 5.89. The van der Waals surface area contributed by atoms with Crippen LogP contribution in [0, 0.1) is 0 Å². The van der Waals surface area contributed by atoms with Crippen molar-refractivity contribution in [3.05, 3.63) is 21.4 Å². The second-order valence-corrected chi connectivity index (χ2v) is 9.64. The van der Waals surface area contributed by atoms with Gasteiger partial charge >= 0.3 is 0 Å². The number of sulfone groups is 1. The molecule has 2 heterocycles. The minimum atomic E-state index is -3.12. The lowest BCUT2D eigenvalue weighted by Crippen LogP contribution is -2.40. The largest absolute Gasteiger partial charge is 0.346 e. The molecule has 116 valence electrons. The first-order chi connectivity index (χ1) is 9.94. The van der Waals surface area contributed by atoms with Gasteiger partial charge in [-0.1, -0.05) is 6.42 Å². The van der Waals surface area contributed by atoms with E-state index in [0.717, 1.165) is 12.8 Å². The van der Waals surface area contributed by atoms with Gasteiger partial charge in [-0.05, 0) is 37.3 Å². The zero-order valence-corrected chi connectivity index (χ0v) is 14.0. The lowest BCUT2D eigenvalue weighted by Gasteiger charge is -2.13. The van der Waals surface area contributed by atoms with Gasteiger partial charge in [0.1, 0.15) is 0 Å². The molecule has 2 aliphatic rings. The van der Waals surface area contributed by atoms with E-state index < -0.39 is 21.3 Å². The fourth-order valence-corrected chi connectivity index (χ4v) is 6.66. The molecule has 2 unspecified atom stereocenters. The summed E-state index contributed by atoms with van der Waals surface area (Å²) in [6.07, 6.45) is 5.68. The van der Waals surface area contributed by atoms with E-state index in [1.54, 1.807) is 0 Å². The Kier molecular flexibility index (Phi) is 4.30. The summed E-state index contributed by atoms with van der Waals surface area (Å²) in [6, 6.07) is 1.49. The third-order valence-corrected chi connectivity index (χ3v) is 7.68. The van der Waals surface area contributed by atoms with Gasteiger partial charge in [-0.2, -0.15) is 0 Å². The molecule has 0 bridgehead atoms. The maximum absolute atomic E-state index is 12.3. The number of rotatable bonds is 2. The van der Waals surface area contributed by atoms with Crippen LogP contribution in [0.2, 0.25) is 0 Å². The molecule has 0 aromatic carbocycles. The van der Waals surface area contributed by atoms with Gasteiger partial charge in [0.25, 0.3) is 5.91 Å². The average molecular weight is 348 g/mol. The lowest BCUT2D eigenvalue weighted by molar-refractivity contribution is 0.0945. The molecular formula is C14H18ClNO3S2. The summed E-state index contributed by atoms with van der Waals surface area (Å²) in [5, 5.41) is 2.25. The summed E-state index contributed by atoms with van der Waals surface area (Å²) in [6.45, 7) is 0. The number of alkyl halides is 1. The average Bonchev–Trinajstić information content (AvgIpc) is 2.82. The van der Waals surface area contributed by atoms with E-state index in [2.05, 4.69) is 5.32 Å². The van der Waals surface area contributed by atoms with E-state index in [-0.39, 0.29) is 17.4 Å². The predicted octanol–water partition coefficient (Wildman–Crippen LogP) is 2.15. The predicted molar refractivity (Wildman–Crippen MR) is 85.1 cm³/mol. The topological polar surface area (TPSA) is 63.2 Å². The molecule has 2 atom stereocenters. The van der Waals surface area contributed by atoms with E-state index in [1.165, 1.54) is 41.0 Å². The minimum Gasteiger partial charge on any atom is -0.346 e. The van der Waals surface area contributed by atoms with Crippen LogP contribution in [0.4, 0.5) is 0 Å². The molecule has 0 radical (unpaired) electrons. The minimum absolute atomic E-state index is 0.0551. The zero-order valence-electron chi connectivity index (χ0n) is 11.6. The Bertz CT molecular complexity index is 630. The number of carbonyl (C=O) groups excluding carboxylic acids is 1. The summed E-state index contributed by atoms with van der Waals surface area (Å²) in [5.74, 6) is -0.306. The maximum atomic E-state index is 12.3. The van der Waals surface area contributed by atoms with Gasteiger partial charge in [0, 0.05) is 4.88 Å². The molecule has 1 aliphatic carbocycles. The smallest absolute Gasteiger partial charge is 0.261 e. The van der Waals surface area contributed by atoms with Crippen LogP contribution < -0.4 is 5.32 Å². The van der Waals surface area contributed by atoms with Gasteiger partial charge in [-0.25, -0.2) is 8.42 Å². The molecule has 0 saturated carbocycles. The van der Waals surface area contributed by atoms with Gasteiger partial charge in [-0.3, -0.25) is 4.79 Å². The van der Waals surface area contributed by atoms with Gasteiger partial charge < -0.3 is 5.32 Å². The van der Waals surface area contributed by atoms with Crippen LogP contribution in [0.3, 0.4) is 0 Å². The van der Waals surface area contributed by atoms with Gasteiger partial charge in [0.05, 0.1) is 27.8 Å². The van der Waals surface area contributed by atoms with E-state index in [0.29, 0.717) is 4.88 Å². The van der Waals surface area contributed by atoms with Crippen LogP contribution in [-0.4, -0.2) is 37.2 Å². The quantitative estimate of drug-likeness (QED) is 0.658. The van der Waals surface area contributed by atoms with E-state index in [4.69, 9.17) is 11.6 Å². The second-order valence-electron chi connectivity index (χ2n) is 5.79. The van der Waals surface area contributed by atoms with Crippen molar-refractivity contribution in [3.63, 3.8) is 0 Å². The van der Waals surface area contributed by atoms with Gasteiger partial charge in [0.15, 0.2) is 9.84 Å². The number of halogens is 1. The van der Waals surface area contributed by atoms with Crippen molar-refractivity contribution in [2.24, 2.45) is 0 Å². The molecule has 1 aliphatic heterocycles. The van der Waals surface area contributed by atoms with Crippen LogP contribution in [0.15, 0.2) is 6.07 Å². The Labute approximate surface area is 133 Å². The number of nitrogens with one attached hydrogen (secondary N) is 1. The standard InChI is InChI=1S/C14H18ClNO3S2/c15-10-7-21(18,19)8-11(10)16-14(17)13-6-9-4-2-1-3-5-12(9)20-13/h6,10-11H,1-5,7-8H2,(H,16,17). The molecular weight excluding hydrogens is 330 g/mol. The van der Waals surface area contributed by atoms with Crippen molar-refractivity contribution >= 4 is 38.7 Å². The van der Waals surface area contributed by atoms with Crippen LogP contribution in [0.25, 0.3) is 0 Å². The molecule has 1 N–H and O–H groups in total. The molecule has 7 heteroatoms. The van der Waals surface area contributed by atoms with E-state index >= 15 is 0 Å². The highest BCUT2D eigenvalue weighted by Crippen LogP contribution is 2.29. The number of hydrogen-bond donors (Lipinski definition) is 1. The summed E-state index contributed by atoms with van der Waals surface area (Å²) in [7, 11) is -3.12. The molecule has 1 aromatic rings. The third kappa shape index (κ3) is 3.43. The van der Waals surface area contributed by atoms with Crippen LogP contribution in [0.1, 0.15) is 39.4 Å². The lowest BCUT2D eigenvalue weighted by atomic mass is 10.1. The Morgan fingerprint density at radius 1 is 1.24 bits per heavy atom. The number of aryl methyl sites for hydroxylation is 2. The number of thiophene rings is 1. The van der Waals surface area contributed by atoms with Crippen molar-refractivity contribution in [1.29, 1.82) is 0 Å². The van der Waals surface area contributed by atoms with Crippen molar-refractivity contribution in [2.75, 3.05) is 11.5 Å². The number of hydrogen-bond acceptors (Lipinski definition) is 4. The summed E-state index contributed by atoms with van der Waals surface area (Å²) >= 11 is 7.56. The van der Waals surface area contributed by atoms with Crippen molar-refractivity contribution in [3.8, 4) is 0 Å². The molecule has 1 amide bonds. The maximum Gasteiger partial charge on any atom is 0.261 e. The van der Waals surface area contributed by atoms with Crippen molar-refractivity contribution in [2.45, 2.75) is 43.5 Å². The SMILES string of the molecule is O=C(NC1CS(=O)(=O)CC1Cl)c1cc2c(s1)CCCCC2. The molecule has 21 heavy (non-hydrogen) atoms. The monoisotopic (exact) mass is 347 g/mol. The first kappa shape index (κ1) is 15.3. The normalized spacial score (nSPS) is 27.9. The highest BCUT2D eigenvalue weighted by atomic mass is 35.5. The van der Waals surface area contributed by atoms with E-state index in [9.17, 15) is 13.2 Å². The zero-order chi connectivity index (χ0) is 15.0. The number of carbonyl (C=O) groups is 1. The Hall–Kier alpha value is -0.590. The molecule has 1 saturated heterocycles. The highest BCUT2D eigenvalue weighted by molar-refractivity contribution is 7.91.